The molecule has 1 fully saturated rings. The molecule has 15 heavy (non-hydrogen) atoms. The van der Waals surface area contributed by atoms with Gasteiger partial charge in [0.15, 0.2) is 0 Å². The summed E-state index contributed by atoms with van der Waals surface area (Å²) in [6.45, 7) is 2.62. The van der Waals surface area contributed by atoms with E-state index in [1.807, 2.05) is 35.2 Å². The first-order valence-corrected chi connectivity index (χ1v) is 5.22. The first-order valence-electron chi connectivity index (χ1n) is 5.22. The Morgan fingerprint density at radius 2 is 2.00 bits per heavy atom. The molecule has 1 unspecified atom stereocenters. The van der Waals surface area contributed by atoms with Crippen LogP contribution in [0.5, 0.6) is 0 Å². The monoisotopic (exact) mass is 211 g/mol. The van der Waals surface area contributed by atoms with E-state index < -0.39 is 11.8 Å². The summed E-state index contributed by atoms with van der Waals surface area (Å²) in [5.74, 6) is -3.05. The van der Waals surface area contributed by atoms with Crippen LogP contribution in [0.4, 0.5) is 8.78 Å². The number of halogens is 2. The maximum atomic E-state index is 13.2. The Labute approximate surface area is 88.7 Å². The van der Waals surface area contributed by atoms with Crippen LogP contribution in [0.3, 0.4) is 0 Å². The third-order valence-electron chi connectivity index (χ3n) is 2.94. The average molecular weight is 211 g/mol. The summed E-state index contributed by atoms with van der Waals surface area (Å²) < 4.78 is 26.5. The maximum absolute atomic E-state index is 13.2. The highest BCUT2D eigenvalue weighted by Gasteiger charge is 2.44. The highest BCUT2D eigenvalue weighted by atomic mass is 19.3. The molecular weight excluding hydrogens is 196 g/mol. The molecule has 82 valence electrons. The Hall–Kier alpha value is -0.960. The lowest BCUT2D eigenvalue weighted by atomic mass is 10.1. The molecule has 0 aromatic heterocycles. The van der Waals surface area contributed by atoms with E-state index in [0.717, 1.165) is 5.56 Å². The minimum atomic E-state index is -2.52. The van der Waals surface area contributed by atoms with E-state index in [2.05, 4.69) is 0 Å². The zero-order chi connectivity index (χ0) is 10.9. The second-order valence-corrected chi connectivity index (χ2v) is 4.32. The van der Waals surface area contributed by atoms with Crippen LogP contribution in [-0.2, 0) is 6.54 Å². The van der Waals surface area contributed by atoms with Crippen molar-refractivity contribution in [2.24, 2.45) is 5.92 Å². The first-order chi connectivity index (χ1) is 7.08. The summed E-state index contributed by atoms with van der Waals surface area (Å²) in [6.07, 6.45) is 0. The molecule has 0 bridgehead atoms. The van der Waals surface area contributed by atoms with Crippen LogP contribution in [0.25, 0.3) is 0 Å². The van der Waals surface area contributed by atoms with Gasteiger partial charge in [0.25, 0.3) is 5.92 Å². The number of nitrogens with zero attached hydrogens (tertiary/aromatic N) is 1. The average Bonchev–Trinajstić information content (AvgIpc) is 2.42. The zero-order valence-corrected chi connectivity index (χ0v) is 8.79. The number of rotatable bonds is 2. The molecule has 1 aromatic rings. The molecule has 2 rings (SSSR count). The largest absolute Gasteiger partial charge is 0.293 e. The molecule has 1 atom stereocenters. The van der Waals surface area contributed by atoms with Gasteiger partial charge in [-0.1, -0.05) is 37.3 Å². The minimum absolute atomic E-state index is 0.108. The van der Waals surface area contributed by atoms with Crippen molar-refractivity contribution in [3.63, 3.8) is 0 Å². The van der Waals surface area contributed by atoms with Gasteiger partial charge in [0, 0.05) is 19.0 Å². The molecule has 1 heterocycles. The minimum Gasteiger partial charge on any atom is -0.293 e. The van der Waals surface area contributed by atoms with Crippen molar-refractivity contribution >= 4 is 0 Å². The third kappa shape index (κ3) is 2.34. The van der Waals surface area contributed by atoms with Gasteiger partial charge in [-0.15, -0.1) is 0 Å². The van der Waals surface area contributed by atoms with Gasteiger partial charge in [-0.25, -0.2) is 8.78 Å². The predicted octanol–water partition coefficient (Wildman–Crippen LogP) is 2.77. The second kappa shape index (κ2) is 3.89. The fourth-order valence-corrected chi connectivity index (χ4v) is 2.00. The molecule has 1 aliphatic heterocycles. The Morgan fingerprint density at radius 1 is 1.33 bits per heavy atom. The number of benzene rings is 1. The van der Waals surface area contributed by atoms with Crippen LogP contribution in [0.1, 0.15) is 12.5 Å². The van der Waals surface area contributed by atoms with Gasteiger partial charge in [0.1, 0.15) is 0 Å². The van der Waals surface area contributed by atoms with Crippen LogP contribution in [0.15, 0.2) is 30.3 Å². The van der Waals surface area contributed by atoms with Crippen LogP contribution >= 0.6 is 0 Å². The first kappa shape index (κ1) is 10.6. The molecule has 0 spiro atoms. The number of likely N-dealkylation sites (tertiary alicyclic amines) is 1. The summed E-state index contributed by atoms with van der Waals surface area (Å²) in [4.78, 5) is 1.82. The highest BCUT2D eigenvalue weighted by Crippen LogP contribution is 2.33. The van der Waals surface area contributed by atoms with E-state index in [0.29, 0.717) is 13.1 Å². The van der Waals surface area contributed by atoms with Gasteiger partial charge in [-0.05, 0) is 5.56 Å². The topological polar surface area (TPSA) is 3.24 Å². The summed E-state index contributed by atoms with van der Waals surface area (Å²) >= 11 is 0. The molecule has 0 radical (unpaired) electrons. The number of hydrogen-bond donors (Lipinski definition) is 0. The van der Waals surface area contributed by atoms with Gasteiger partial charge < -0.3 is 0 Å². The molecular formula is C12H15F2N. The Kier molecular flexibility index (Phi) is 2.74. The molecule has 1 saturated heterocycles. The van der Waals surface area contributed by atoms with Gasteiger partial charge in [0.05, 0.1) is 6.54 Å². The molecule has 1 nitrogen and oxygen atoms in total. The number of alkyl halides is 2. The fraction of sp³-hybridized carbons (Fsp3) is 0.500. The van der Waals surface area contributed by atoms with E-state index in [-0.39, 0.29) is 6.54 Å². The molecule has 0 saturated carbocycles. The third-order valence-corrected chi connectivity index (χ3v) is 2.94. The maximum Gasteiger partial charge on any atom is 0.264 e. The van der Waals surface area contributed by atoms with Crippen molar-refractivity contribution in [3.8, 4) is 0 Å². The highest BCUT2D eigenvalue weighted by molar-refractivity contribution is 5.14. The molecule has 1 aliphatic rings. The molecule has 0 aliphatic carbocycles. The van der Waals surface area contributed by atoms with Crippen molar-refractivity contribution in [2.45, 2.75) is 19.4 Å². The van der Waals surface area contributed by atoms with Gasteiger partial charge in [-0.3, -0.25) is 4.90 Å². The van der Waals surface area contributed by atoms with Crippen LogP contribution in [0.2, 0.25) is 0 Å². The zero-order valence-electron chi connectivity index (χ0n) is 8.79. The van der Waals surface area contributed by atoms with Crippen molar-refractivity contribution < 1.29 is 8.78 Å². The summed E-state index contributed by atoms with van der Waals surface area (Å²) in [7, 11) is 0. The Balaban J connectivity index is 1.99. The van der Waals surface area contributed by atoms with Crippen LogP contribution in [-0.4, -0.2) is 23.9 Å². The van der Waals surface area contributed by atoms with Crippen LogP contribution < -0.4 is 0 Å². The molecule has 0 amide bonds. The summed E-state index contributed by atoms with van der Waals surface area (Å²) in [5, 5.41) is 0. The van der Waals surface area contributed by atoms with Crippen LogP contribution in [0, 0.1) is 5.92 Å². The normalized spacial score (nSPS) is 25.7. The molecule has 3 heteroatoms. The number of hydrogen-bond acceptors (Lipinski definition) is 1. The van der Waals surface area contributed by atoms with Gasteiger partial charge in [0.2, 0.25) is 0 Å². The van der Waals surface area contributed by atoms with Crippen molar-refractivity contribution in [1.82, 2.24) is 4.90 Å². The van der Waals surface area contributed by atoms with Gasteiger partial charge in [-0.2, -0.15) is 0 Å². The summed E-state index contributed by atoms with van der Waals surface area (Å²) in [5.41, 5.74) is 1.10. The second-order valence-electron chi connectivity index (χ2n) is 4.32. The Bertz CT molecular complexity index is 324. The summed E-state index contributed by atoms with van der Waals surface area (Å²) in [6, 6.07) is 9.76. The SMILES string of the molecule is CC1CN(Cc2ccccc2)CC1(F)F. The Morgan fingerprint density at radius 3 is 2.53 bits per heavy atom. The quantitative estimate of drug-likeness (QED) is 0.727. The standard InChI is InChI=1S/C12H15F2N/c1-10-7-15(9-12(10,13)14)8-11-5-3-2-4-6-11/h2-6,10H,7-9H2,1H3. The van der Waals surface area contributed by atoms with E-state index in [1.165, 1.54) is 0 Å². The smallest absolute Gasteiger partial charge is 0.264 e. The molecule has 1 aromatic carbocycles. The lowest BCUT2D eigenvalue weighted by Crippen LogP contribution is -2.26. The van der Waals surface area contributed by atoms with Crippen molar-refractivity contribution in [1.29, 1.82) is 0 Å². The van der Waals surface area contributed by atoms with Crippen molar-refractivity contribution in [2.75, 3.05) is 13.1 Å². The predicted molar refractivity (Wildman–Crippen MR) is 55.8 cm³/mol. The lowest BCUT2D eigenvalue weighted by Gasteiger charge is -2.15. The van der Waals surface area contributed by atoms with E-state index in [9.17, 15) is 8.78 Å². The fourth-order valence-electron chi connectivity index (χ4n) is 2.00. The van der Waals surface area contributed by atoms with E-state index in [4.69, 9.17) is 0 Å². The van der Waals surface area contributed by atoms with E-state index >= 15 is 0 Å². The van der Waals surface area contributed by atoms with Gasteiger partial charge >= 0.3 is 0 Å². The van der Waals surface area contributed by atoms with E-state index in [1.54, 1.807) is 6.92 Å². The lowest BCUT2D eigenvalue weighted by molar-refractivity contribution is -0.0213. The molecule has 0 N–H and O–H groups in total. The van der Waals surface area contributed by atoms with Crippen molar-refractivity contribution in [3.05, 3.63) is 35.9 Å².